The van der Waals surface area contributed by atoms with Gasteiger partial charge in [-0.2, -0.15) is 5.10 Å². The molecule has 16 heavy (non-hydrogen) atoms. The Balaban J connectivity index is 1.93. The predicted molar refractivity (Wildman–Crippen MR) is 61.3 cm³/mol. The van der Waals surface area contributed by atoms with Gasteiger partial charge in [-0.3, -0.25) is 9.89 Å². The van der Waals surface area contributed by atoms with Crippen molar-refractivity contribution in [1.29, 1.82) is 0 Å². The van der Waals surface area contributed by atoms with Crippen LogP contribution in [0.2, 0.25) is 0 Å². The fourth-order valence-electron chi connectivity index (χ4n) is 1.28. The third kappa shape index (κ3) is 2.46. The molecule has 2 aromatic rings. The van der Waals surface area contributed by atoms with Crippen molar-refractivity contribution in [3.8, 4) is 0 Å². The first kappa shape index (κ1) is 10.8. The largest absolute Gasteiger partial charge is 0.346 e. The highest BCUT2D eigenvalue weighted by Crippen LogP contribution is 2.10. The number of amides is 1. The number of carbonyl (C=O) groups excluding carboxylic acids is 1. The summed E-state index contributed by atoms with van der Waals surface area (Å²) in [4.78, 5) is 16.8. The zero-order valence-corrected chi connectivity index (χ0v) is 9.89. The zero-order chi connectivity index (χ0) is 11.5. The summed E-state index contributed by atoms with van der Waals surface area (Å²) in [7, 11) is 0. The van der Waals surface area contributed by atoms with Gasteiger partial charge in [0.05, 0.1) is 11.6 Å². The number of aromatic amines is 1. The van der Waals surface area contributed by atoms with E-state index in [1.807, 2.05) is 13.8 Å². The summed E-state index contributed by atoms with van der Waals surface area (Å²) >= 11 is 1.58. The molecule has 0 aromatic carbocycles. The molecule has 0 fully saturated rings. The number of hydrogen-bond donors (Lipinski definition) is 2. The van der Waals surface area contributed by atoms with E-state index in [0.29, 0.717) is 12.2 Å². The van der Waals surface area contributed by atoms with Gasteiger partial charge < -0.3 is 5.32 Å². The Morgan fingerprint density at radius 3 is 2.94 bits per heavy atom. The molecule has 0 spiro atoms. The summed E-state index contributed by atoms with van der Waals surface area (Å²) < 4.78 is 0. The molecule has 0 aliphatic rings. The van der Waals surface area contributed by atoms with Crippen LogP contribution in [0.25, 0.3) is 0 Å². The van der Waals surface area contributed by atoms with Gasteiger partial charge in [0.25, 0.3) is 5.91 Å². The van der Waals surface area contributed by atoms with E-state index < -0.39 is 0 Å². The molecule has 0 saturated carbocycles. The predicted octanol–water partition coefficient (Wildman–Crippen LogP) is 1.41. The molecule has 2 rings (SSSR count). The van der Waals surface area contributed by atoms with Crippen LogP contribution < -0.4 is 5.32 Å². The van der Waals surface area contributed by atoms with E-state index in [2.05, 4.69) is 20.5 Å². The Morgan fingerprint density at radius 2 is 2.38 bits per heavy atom. The van der Waals surface area contributed by atoms with Crippen LogP contribution in [0, 0.1) is 13.8 Å². The molecule has 0 bridgehead atoms. The van der Waals surface area contributed by atoms with Crippen molar-refractivity contribution in [2.75, 3.05) is 0 Å². The van der Waals surface area contributed by atoms with E-state index in [-0.39, 0.29) is 5.91 Å². The first-order chi connectivity index (χ1) is 7.65. The molecule has 2 heterocycles. The first-order valence-electron chi connectivity index (χ1n) is 4.86. The topological polar surface area (TPSA) is 70.7 Å². The average molecular weight is 236 g/mol. The number of carbonyl (C=O) groups is 1. The number of aromatic nitrogens is 3. The van der Waals surface area contributed by atoms with Crippen LogP contribution in [0.3, 0.4) is 0 Å². The standard InChI is InChI=1S/C10H12N4OS/c1-6-3-9(14-13-6)10(15)12-5-8-4-11-7(2)16-8/h3-4H,5H2,1-2H3,(H,12,15)(H,13,14). The lowest BCUT2D eigenvalue weighted by Gasteiger charge is -1.99. The van der Waals surface area contributed by atoms with Crippen molar-refractivity contribution in [3.05, 3.63) is 33.5 Å². The Morgan fingerprint density at radius 1 is 1.56 bits per heavy atom. The normalized spacial score (nSPS) is 10.4. The summed E-state index contributed by atoms with van der Waals surface area (Å²) in [6.07, 6.45) is 1.77. The van der Waals surface area contributed by atoms with Gasteiger partial charge in [-0.05, 0) is 19.9 Å². The summed E-state index contributed by atoms with van der Waals surface area (Å²) in [6, 6.07) is 1.72. The molecular weight excluding hydrogens is 224 g/mol. The maximum Gasteiger partial charge on any atom is 0.272 e. The van der Waals surface area contributed by atoms with Crippen molar-refractivity contribution in [2.24, 2.45) is 0 Å². The average Bonchev–Trinajstić information content (AvgIpc) is 2.84. The highest BCUT2D eigenvalue weighted by atomic mass is 32.1. The van der Waals surface area contributed by atoms with E-state index in [9.17, 15) is 4.79 Å². The summed E-state index contributed by atoms with van der Waals surface area (Å²) in [6.45, 7) is 4.29. The molecule has 0 aliphatic carbocycles. The van der Waals surface area contributed by atoms with Gasteiger partial charge in [-0.15, -0.1) is 11.3 Å². The van der Waals surface area contributed by atoms with Crippen molar-refractivity contribution in [3.63, 3.8) is 0 Å². The van der Waals surface area contributed by atoms with E-state index in [4.69, 9.17) is 0 Å². The number of rotatable bonds is 3. The van der Waals surface area contributed by atoms with Crippen molar-refractivity contribution < 1.29 is 4.79 Å². The second-order valence-corrected chi connectivity index (χ2v) is 4.78. The fourth-order valence-corrected chi connectivity index (χ4v) is 2.01. The molecule has 5 nitrogen and oxygen atoms in total. The molecule has 2 aromatic heterocycles. The molecule has 0 saturated heterocycles. The van der Waals surface area contributed by atoms with E-state index >= 15 is 0 Å². The minimum atomic E-state index is -0.171. The Labute approximate surface area is 96.9 Å². The van der Waals surface area contributed by atoms with Crippen LogP contribution >= 0.6 is 11.3 Å². The number of H-pyrrole nitrogens is 1. The first-order valence-corrected chi connectivity index (χ1v) is 5.68. The van der Waals surface area contributed by atoms with Gasteiger partial charge in [0.1, 0.15) is 5.69 Å². The summed E-state index contributed by atoms with van der Waals surface area (Å²) in [5, 5.41) is 10.4. The monoisotopic (exact) mass is 236 g/mol. The van der Waals surface area contributed by atoms with Crippen LogP contribution in [0.4, 0.5) is 0 Å². The molecule has 0 atom stereocenters. The van der Waals surface area contributed by atoms with Crippen LogP contribution in [0.15, 0.2) is 12.3 Å². The van der Waals surface area contributed by atoms with E-state index in [1.54, 1.807) is 23.6 Å². The maximum absolute atomic E-state index is 11.6. The van der Waals surface area contributed by atoms with Gasteiger partial charge in [0.15, 0.2) is 0 Å². The van der Waals surface area contributed by atoms with Gasteiger partial charge in [0.2, 0.25) is 0 Å². The van der Waals surface area contributed by atoms with E-state index in [0.717, 1.165) is 15.6 Å². The van der Waals surface area contributed by atoms with Gasteiger partial charge in [-0.25, -0.2) is 4.98 Å². The Bertz CT molecular complexity index is 502. The highest BCUT2D eigenvalue weighted by Gasteiger charge is 2.09. The summed E-state index contributed by atoms with van der Waals surface area (Å²) in [5.74, 6) is -0.171. The smallest absolute Gasteiger partial charge is 0.272 e. The SMILES string of the molecule is Cc1cc(C(=O)NCc2cnc(C)s2)n[nH]1. The van der Waals surface area contributed by atoms with E-state index in [1.165, 1.54) is 0 Å². The maximum atomic E-state index is 11.6. The third-order valence-corrected chi connectivity index (χ3v) is 2.94. The molecule has 0 unspecified atom stereocenters. The number of hydrogen-bond acceptors (Lipinski definition) is 4. The number of nitrogens with zero attached hydrogens (tertiary/aromatic N) is 2. The lowest BCUT2D eigenvalue weighted by atomic mass is 10.3. The molecule has 2 N–H and O–H groups in total. The molecule has 0 aliphatic heterocycles. The lowest BCUT2D eigenvalue weighted by Crippen LogP contribution is -2.22. The fraction of sp³-hybridized carbons (Fsp3) is 0.300. The van der Waals surface area contributed by atoms with Crippen LogP contribution in [-0.4, -0.2) is 21.1 Å². The summed E-state index contributed by atoms with van der Waals surface area (Å²) in [5.41, 5.74) is 1.29. The van der Waals surface area contributed by atoms with Crippen molar-refractivity contribution in [1.82, 2.24) is 20.5 Å². The lowest BCUT2D eigenvalue weighted by molar-refractivity contribution is 0.0946. The number of aryl methyl sites for hydroxylation is 2. The molecular formula is C10H12N4OS. The Hall–Kier alpha value is -1.69. The minimum Gasteiger partial charge on any atom is -0.346 e. The third-order valence-electron chi connectivity index (χ3n) is 2.03. The second kappa shape index (κ2) is 4.44. The number of nitrogens with one attached hydrogen (secondary N) is 2. The highest BCUT2D eigenvalue weighted by molar-refractivity contribution is 7.11. The number of thiazole rings is 1. The zero-order valence-electron chi connectivity index (χ0n) is 9.07. The van der Waals surface area contributed by atoms with Gasteiger partial charge in [0, 0.05) is 16.8 Å². The molecule has 0 radical (unpaired) electrons. The van der Waals surface area contributed by atoms with Gasteiger partial charge >= 0.3 is 0 Å². The quantitative estimate of drug-likeness (QED) is 0.846. The van der Waals surface area contributed by atoms with Crippen LogP contribution in [-0.2, 0) is 6.54 Å². The molecule has 6 heteroatoms. The van der Waals surface area contributed by atoms with Crippen molar-refractivity contribution in [2.45, 2.75) is 20.4 Å². The van der Waals surface area contributed by atoms with Crippen molar-refractivity contribution >= 4 is 17.2 Å². The van der Waals surface area contributed by atoms with Gasteiger partial charge in [-0.1, -0.05) is 0 Å². The second-order valence-electron chi connectivity index (χ2n) is 3.46. The van der Waals surface area contributed by atoms with Crippen LogP contribution in [0.1, 0.15) is 26.1 Å². The molecule has 1 amide bonds. The Kier molecular flexibility index (Phi) is 3.00. The molecule has 84 valence electrons. The van der Waals surface area contributed by atoms with Crippen LogP contribution in [0.5, 0.6) is 0 Å². The minimum absolute atomic E-state index is 0.171.